The third-order valence-electron chi connectivity index (χ3n) is 3.08. The first-order valence-electron chi connectivity index (χ1n) is 6.05. The molecule has 19 heavy (non-hydrogen) atoms. The molecule has 0 fully saturated rings. The van der Waals surface area contributed by atoms with Crippen molar-refractivity contribution in [2.45, 2.75) is 13.8 Å². The number of pyridine rings is 1. The van der Waals surface area contributed by atoms with Gasteiger partial charge < -0.3 is 0 Å². The number of amides is 1. The molecule has 0 spiro atoms. The SMILES string of the molecule is Cc1csc(N2N=C(c3cccnc3)C(C)C2=O)c1. The first-order valence-corrected chi connectivity index (χ1v) is 6.93. The van der Waals surface area contributed by atoms with Gasteiger partial charge in [-0.2, -0.15) is 10.1 Å². The Kier molecular flexibility index (Phi) is 2.91. The number of carbonyl (C=O) groups is 1. The van der Waals surface area contributed by atoms with Crippen molar-refractivity contribution in [2.75, 3.05) is 5.01 Å². The maximum atomic E-state index is 12.3. The van der Waals surface area contributed by atoms with Crippen molar-refractivity contribution in [3.05, 3.63) is 47.1 Å². The normalized spacial score (nSPS) is 18.8. The summed E-state index contributed by atoms with van der Waals surface area (Å²) in [5.74, 6) is -0.215. The van der Waals surface area contributed by atoms with E-state index in [0.717, 1.165) is 21.8 Å². The van der Waals surface area contributed by atoms with E-state index in [1.54, 1.807) is 12.4 Å². The van der Waals surface area contributed by atoms with Crippen LogP contribution in [0.1, 0.15) is 18.1 Å². The Morgan fingerprint density at radius 3 is 2.89 bits per heavy atom. The summed E-state index contributed by atoms with van der Waals surface area (Å²) in [6.07, 6.45) is 3.46. The predicted octanol–water partition coefficient (Wildman–Crippen LogP) is 2.84. The Hall–Kier alpha value is -2.01. The fourth-order valence-electron chi connectivity index (χ4n) is 2.05. The van der Waals surface area contributed by atoms with Crippen molar-refractivity contribution in [2.24, 2.45) is 11.0 Å². The maximum Gasteiger partial charge on any atom is 0.257 e. The lowest BCUT2D eigenvalue weighted by Crippen LogP contribution is -2.25. The van der Waals surface area contributed by atoms with Crippen LogP contribution in [0.3, 0.4) is 0 Å². The molecule has 3 heterocycles. The van der Waals surface area contributed by atoms with Gasteiger partial charge in [0.15, 0.2) is 0 Å². The highest BCUT2D eigenvalue weighted by atomic mass is 32.1. The second-order valence-corrected chi connectivity index (χ2v) is 5.45. The van der Waals surface area contributed by atoms with Gasteiger partial charge in [-0.25, -0.2) is 0 Å². The van der Waals surface area contributed by atoms with Gasteiger partial charge in [0.2, 0.25) is 0 Å². The topological polar surface area (TPSA) is 45.6 Å². The summed E-state index contributed by atoms with van der Waals surface area (Å²) < 4.78 is 0. The number of thiophene rings is 1. The molecule has 5 heteroatoms. The third kappa shape index (κ3) is 2.06. The highest BCUT2D eigenvalue weighted by Gasteiger charge is 2.34. The quantitative estimate of drug-likeness (QED) is 0.843. The minimum atomic E-state index is -0.230. The molecule has 1 aliphatic heterocycles. The lowest BCUT2D eigenvalue weighted by Gasteiger charge is -2.09. The van der Waals surface area contributed by atoms with Crippen molar-refractivity contribution in [3.63, 3.8) is 0 Å². The van der Waals surface area contributed by atoms with Crippen LogP contribution in [0.2, 0.25) is 0 Å². The van der Waals surface area contributed by atoms with Gasteiger partial charge in [-0.05, 0) is 43.0 Å². The monoisotopic (exact) mass is 271 g/mol. The number of aryl methyl sites for hydroxylation is 1. The van der Waals surface area contributed by atoms with Gasteiger partial charge >= 0.3 is 0 Å². The van der Waals surface area contributed by atoms with Gasteiger partial charge in [0.1, 0.15) is 5.00 Å². The Balaban J connectivity index is 2.00. The average molecular weight is 271 g/mol. The zero-order valence-electron chi connectivity index (χ0n) is 10.7. The van der Waals surface area contributed by atoms with Crippen LogP contribution in [0.5, 0.6) is 0 Å². The third-order valence-corrected chi connectivity index (χ3v) is 4.10. The molecule has 96 valence electrons. The van der Waals surface area contributed by atoms with E-state index in [1.807, 2.05) is 37.4 Å². The van der Waals surface area contributed by atoms with E-state index in [-0.39, 0.29) is 11.8 Å². The molecular formula is C14H13N3OS. The van der Waals surface area contributed by atoms with Crippen LogP contribution in [0.4, 0.5) is 5.00 Å². The van der Waals surface area contributed by atoms with Gasteiger partial charge in [-0.1, -0.05) is 0 Å². The number of anilines is 1. The first kappa shape index (κ1) is 12.0. The predicted molar refractivity (Wildman–Crippen MR) is 76.5 cm³/mol. The van der Waals surface area contributed by atoms with Crippen LogP contribution in [-0.2, 0) is 4.79 Å². The molecule has 4 nitrogen and oxygen atoms in total. The number of hydrazone groups is 1. The minimum Gasteiger partial charge on any atom is -0.272 e. The number of hydrogen-bond acceptors (Lipinski definition) is 4. The van der Waals surface area contributed by atoms with Crippen LogP contribution < -0.4 is 5.01 Å². The van der Waals surface area contributed by atoms with Gasteiger partial charge in [-0.3, -0.25) is 9.78 Å². The Bertz CT molecular complexity index is 648. The number of carbonyl (C=O) groups excluding carboxylic acids is 1. The standard InChI is InChI=1S/C14H13N3OS/c1-9-6-12(19-8-9)17-14(18)10(2)13(16-17)11-4-3-5-15-7-11/h3-8,10H,1-2H3. The Morgan fingerprint density at radius 2 is 2.26 bits per heavy atom. The summed E-state index contributed by atoms with van der Waals surface area (Å²) in [6.45, 7) is 3.89. The van der Waals surface area contributed by atoms with E-state index >= 15 is 0 Å². The molecule has 0 N–H and O–H groups in total. The summed E-state index contributed by atoms with van der Waals surface area (Å²) in [5.41, 5.74) is 2.83. The number of nitrogens with zero attached hydrogens (tertiary/aromatic N) is 3. The molecule has 0 radical (unpaired) electrons. The summed E-state index contributed by atoms with van der Waals surface area (Å²) in [5, 5.41) is 8.87. The highest BCUT2D eigenvalue weighted by Crippen LogP contribution is 2.31. The van der Waals surface area contributed by atoms with Crippen molar-refractivity contribution < 1.29 is 4.79 Å². The van der Waals surface area contributed by atoms with Gasteiger partial charge in [0.25, 0.3) is 5.91 Å². The minimum absolute atomic E-state index is 0.0145. The van der Waals surface area contributed by atoms with Crippen LogP contribution in [0.15, 0.2) is 41.1 Å². The van der Waals surface area contributed by atoms with Crippen molar-refractivity contribution >= 4 is 28.0 Å². The second kappa shape index (κ2) is 4.59. The lowest BCUT2D eigenvalue weighted by molar-refractivity contribution is -0.119. The van der Waals surface area contributed by atoms with Crippen LogP contribution >= 0.6 is 11.3 Å². The summed E-state index contributed by atoms with van der Waals surface area (Å²) in [7, 11) is 0. The smallest absolute Gasteiger partial charge is 0.257 e. The lowest BCUT2D eigenvalue weighted by atomic mass is 10.0. The molecule has 1 atom stereocenters. The van der Waals surface area contributed by atoms with E-state index in [9.17, 15) is 4.79 Å². The zero-order valence-corrected chi connectivity index (χ0v) is 11.5. The largest absolute Gasteiger partial charge is 0.272 e. The van der Waals surface area contributed by atoms with Gasteiger partial charge in [0, 0.05) is 18.0 Å². The Labute approximate surface area is 115 Å². The molecular weight excluding hydrogens is 258 g/mol. The molecule has 0 aromatic carbocycles. The molecule has 2 aromatic rings. The van der Waals surface area contributed by atoms with Crippen molar-refractivity contribution in [1.82, 2.24) is 4.98 Å². The molecule has 3 rings (SSSR count). The number of rotatable bonds is 2. The highest BCUT2D eigenvalue weighted by molar-refractivity contribution is 7.14. The van der Waals surface area contributed by atoms with E-state index in [2.05, 4.69) is 10.1 Å². The van der Waals surface area contributed by atoms with E-state index < -0.39 is 0 Å². The fourth-order valence-corrected chi connectivity index (χ4v) is 2.91. The van der Waals surface area contributed by atoms with Crippen molar-refractivity contribution in [3.8, 4) is 0 Å². The summed E-state index contributed by atoms with van der Waals surface area (Å²) >= 11 is 1.53. The summed E-state index contributed by atoms with van der Waals surface area (Å²) in [4.78, 5) is 16.4. The van der Waals surface area contributed by atoms with E-state index in [4.69, 9.17) is 0 Å². The molecule has 1 unspecified atom stereocenters. The van der Waals surface area contributed by atoms with Crippen LogP contribution in [0, 0.1) is 12.8 Å². The molecule has 0 aliphatic carbocycles. The fraction of sp³-hybridized carbons (Fsp3) is 0.214. The number of aromatic nitrogens is 1. The van der Waals surface area contributed by atoms with Crippen molar-refractivity contribution in [1.29, 1.82) is 0 Å². The average Bonchev–Trinajstić information content (AvgIpc) is 2.97. The second-order valence-electron chi connectivity index (χ2n) is 4.56. The molecule has 0 saturated heterocycles. The van der Waals surface area contributed by atoms with Crippen LogP contribution in [0.25, 0.3) is 0 Å². The molecule has 2 aromatic heterocycles. The molecule has 1 amide bonds. The van der Waals surface area contributed by atoms with Crippen LogP contribution in [-0.4, -0.2) is 16.6 Å². The maximum absolute atomic E-state index is 12.3. The van der Waals surface area contributed by atoms with E-state index in [0.29, 0.717) is 0 Å². The molecule has 1 aliphatic rings. The molecule has 0 saturated carbocycles. The van der Waals surface area contributed by atoms with Gasteiger partial charge in [-0.15, -0.1) is 11.3 Å². The Morgan fingerprint density at radius 1 is 1.42 bits per heavy atom. The van der Waals surface area contributed by atoms with Gasteiger partial charge in [0.05, 0.1) is 11.6 Å². The first-order chi connectivity index (χ1) is 9.16. The number of hydrogen-bond donors (Lipinski definition) is 0. The van der Waals surface area contributed by atoms with E-state index in [1.165, 1.54) is 16.3 Å². The zero-order chi connectivity index (χ0) is 13.4. The summed E-state index contributed by atoms with van der Waals surface area (Å²) in [6, 6.07) is 5.76. The molecule has 0 bridgehead atoms.